The number of amides is 1. The van der Waals surface area contributed by atoms with E-state index in [1.807, 2.05) is 36.4 Å². The van der Waals surface area contributed by atoms with Crippen LogP contribution in [0.15, 0.2) is 65.4 Å². The van der Waals surface area contributed by atoms with Crippen LogP contribution in [0, 0.1) is 0 Å². The minimum atomic E-state index is -0.166. The maximum absolute atomic E-state index is 12.2. The largest absolute Gasteiger partial charge is 0.497 e. The van der Waals surface area contributed by atoms with Gasteiger partial charge in [-0.3, -0.25) is 4.79 Å². The number of nitrogens with zero attached hydrogens (tertiary/aromatic N) is 1. The zero-order valence-electron chi connectivity index (χ0n) is 13.9. The fourth-order valence-corrected chi connectivity index (χ4v) is 2.25. The molecule has 0 spiro atoms. The van der Waals surface area contributed by atoms with Gasteiger partial charge >= 0.3 is 0 Å². The lowest BCUT2D eigenvalue weighted by molar-refractivity contribution is 0.0950. The second-order valence-electron chi connectivity index (χ2n) is 5.40. The van der Waals surface area contributed by atoms with Gasteiger partial charge < -0.3 is 19.8 Å². The predicted octanol–water partition coefficient (Wildman–Crippen LogP) is 3.23. The molecule has 0 aliphatic heterocycles. The highest BCUT2D eigenvalue weighted by Crippen LogP contribution is 2.12. The van der Waals surface area contributed by atoms with Gasteiger partial charge in [0.05, 0.1) is 25.5 Å². The first kappa shape index (κ1) is 16.6. The molecule has 0 saturated carbocycles. The van der Waals surface area contributed by atoms with Crippen LogP contribution in [0.25, 0.3) is 0 Å². The number of aromatic nitrogens is 1. The van der Waals surface area contributed by atoms with E-state index in [1.165, 1.54) is 0 Å². The molecule has 6 heteroatoms. The lowest BCUT2D eigenvalue weighted by atomic mass is 10.2. The Hall–Kier alpha value is -3.28. The normalized spacial score (nSPS) is 10.3. The van der Waals surface area contributed by atoms with Crippen molar-refractivity contribution in [3.63, 3.8) is 0 Å². The van der Waals surface area contributed by atoms with Crippen LogP contribution in [0.3, 0.4) is 0 Å². The second-order valence-corrected chi connectivity index (χ2v) is 5.40. The van der Waals surface area contributed by atoms with E-state index in [4.69, 9.17) is 9.15 Å². The zero-order chi connectivity index (χ0) is 17.5. The summed E-state index contributed by atoms with van der Waals surface area (Å²) in [6, 6.07) is 14.8. The highest BCUT2D eigenvalue weighted by molar-refractivity contribution is 5.94. The Bertz CT molecular complexity index is 797. The molecule has 0 unspecified atom stereocenters. The maximum Gasteiger partial charge on any atom is 0.253 e. The van der Waals surface area contributed by atoms with Gasteiger partial charge in [-0.15, -0.1) is 0 Å². The molecule has 3 rings (SSSR count). The quantitative estimate of drug-likeness (QED) is 0.692. The molecule has 1 aromatic carbocycles. The van der Waals surface area contributed by atoms with Crippen LogP contribution in [-0.4, -0.2) is 18.0 Å². The minimum absolute atomic E-state index is 0.166. The van der Waals surface area contributed by atoms with Gasteiger partial charge in [0, 0.05) is 12.7 Å². The van der Waals surface area contributed by atoms with Crippen molar-refractivity contribution in [2.75, 3.05) is 12.4 Å². The van der Waals surface area contributed by atoms with Crippen molar-refractivity contribution >= 4 is 11.7 Å². The summed E-state index contributed by atoms with van der Waals surface area (Å²) < 4.78 is 10.4. The zero-order valence-corrected chi connectivity index (χ0v) is 13.9. The predicted molar refractivity (Wildman–Crippen MR) is 94.4 cm³/mol. The number of benzene rings is 1. The molecule has 128 valence electrons. The van der Waals surface area contributed by atoms with E-state index in [1.54, 1.807) is 31.7 Å². The molecule has 1 amide bonds. The van der Waals surface area contributed by atoms with Crippen LogP contribution < -0.4 is 15.4 Å². The number of anilines is 1. The Labute approximate surface area is 145 Å². The van der Waals surface area contributed by atoms with Gasteiger partial charge in [-0.25, -0.2) is 4.98 Å². The van der Waals surface area contributed by atoms with E-state index < -0.39 is 0 Å². The third-order valence-corrected chi connectivity index (χ3v) is 3.66. The number of pyridine rings is 1. The third kappa shape index (κ3) is 4.60. The Morgan fingerprint density at radius 3 is 2.60 bits per heavy atom. The van der Waals surface area contributed by atoms with E-state index in [0.717, 1.165) is 17.1 Å². The fraction of sp³-hybridized carbons (Fsp3) is 0.158. The van der Waals surface area contributed by atoms with Crippen molar-refractivity contribution in [3.8, 4) is 5.75 Å². The smallest absolute Gasteiger partial charge is 0.253 e. The third-order valence-electron chi connectivity index (χ3n) is 3.66. The van der Waals surface area contributed by atoms with Gasteiger partial charge in [-0.05, 0) is 42.0 Å². The number of furan rings is 1. The highest BCUT2D eigenvalue weighted by atomic mass is 16.5. The molecular formula is C19H19N3O3. The summed E-state index contributed by atoms with van der Waals surface area (Å²) in [6.07, 6.45) is 3.18. The van der Waals surface area contributed by atoms with Crippen LogP contribution >= 0.6 is 0 Å². The van der Waals surface area contributed by atoms with Crippen molar-refractivity contribution in [3.05, 3.63) is 77.9 Å². The molecule has 0 radical (unpaired) electrons. The Morgan fingerprint density at radius 2 is 1.96 bits per heavy atom. The molecule has 6 nitrogen and oxygen atoms in total. The average Bonchev–Trinajstić information content (AvgIpc) is 3.19. The van der Waals surface area contributed by atoms with Crippen molar-refractivity contribution in [2.24, 2.45) is 0 Å². The van der Waals surface area contributed by atoms with Crippen LogP contribution in [0.2, 0.25) is 0 Å². The second kappa shape index (κ2) is 8.01. The first-order chi connectivity index (χ1) is 12.2. The van der Waals surface area contributed by atoms with E-state index in [2.05, 4.69) is 15.6 Å². The summed E-state index contributed by atoms with van der Waals surface area (Å²) in [5, 5.41) is 6.00. The number of hydrogen-bond donors (Lipinski definition) is 2. The molecule has 0 saturated heterocycles. The van der Waals surface area contributed by atoms with Crippen molar-refractivity contribution in [2.45, 2.75) is 13.1 Å². The van der Waals surface area contributed by atoms with Gasteiger partial charge in [0.2, 0.25) is 0 Å². The average molecular weight is 337 g/mol. The van der Waals surface area contributed by atoms with Crippen molar-refractivity contribution in [1.29, 1.82) is 0 Å². The van der Waals surface area contributed by atoms with E-state index in [-0.39, 0.29) is 5.91 Å². The molecule has 2 N–H and O–H groups in total. The van der Waals surface area contributed by atoms with E-state index >= 15 is 0 Å². The Morgan fingerprint density at radius 1 is 1.12 bits per heavy atom. The molecule has 0 aliphatic rings. The molecule has 3 aromatic rings. The molecule has 2 aromatic heterocycles. The summed E-state index contributed by atoms with van der Waals surface area (Å²) >= 11 is 0. The van der Waals surface area contributed by atoms with E-state index in [9.17, 15) is 4.79 Å². The maximum atomic E-state index is 12.2. The number of ether oxygens (including phenoxy) is 1. The Balaban J connectivity index is 1.51. The summed E-state index contributed by atoms with van der Waals surface area (Å²) in [6.45, 7) is 0.990. The van der Waals surface area contributed by atoms with Crippen LogP contribution in [0.5, 0.6) is 5.75 Å². The molecule has 0 aliphatic carbocycles. The summed E-state index contributed by atoms with van der Waals surface area (Å²) in [5.41, 5.74) is 1.51. The lowest BCUT2D eigenvalue weighted by Gasteiger charge is -2.07. The number of hydrogen-bond acceptors (Lipinski definition) is 5. The van der Waals surface area contributed by atoms with Crippen molar-refractivity contribution in [1.82, 2.24) is 10.3 Å². The Kier molecular flexibility index (Phi) is 5.31. The lowest BCUT2D eigenvalue weighted by Crippen LogP contribution is -2.22. The monoisotopic (exact) mass is 337 g/mol. The minimum Gasteiger partial charge on any atom is -0.497 e. The van der Waals surface area contributed by atoms with Crippen LogP contribution in [0.1, 0.15) is 21.7 Å². The topological polar surface area (TPSA) is 76.4 Å². The highest BCUT2D eigenvalue weighted by Gasteiger charge is 2.06. The number of carbonyl (C=O) groups is 1. The standard InChI is InChI=1S/C19H19N3O3/c1-24-16-7-4-14(5-8-16)11-22-19(23)15-6-9-18(20-12-15)21-13-17-3-2-10-25-17/h2-10,12H,11,13H2,1H3,(H,20,21)(H,22,23). The summed E-state index contributed by atoms with van der Waals surface area (Å²) in [7, 11) is 1.62. The molecule has 2 heterocycles. The first-order valence-electron chi connectivity index (χ1n) is 7.88. The number of nitrogens with one attached hydrogen (secondary N) is 2. The number of methoxy groups -OCH3 is 1. The van der Waals surface area contributed by atoms with Crippen LogP contribution in [0.4, 0.5) is 5.82 Å². The number of carbonyl (C=O) groups excluding carboxylic acids is 1. The summed E-state index contributed by atoms with van der Waals surface area (Å²) in [5.74, 6) is 2.13. The van der Waals surface area contributed by atoms with Gasteiger partial charge in [0.1, 0.15) is 17.3 Å². The van der Waals surface area contributed by atoms with Crippen LogP contribution in [-0.2, 0) is 13.1 Å². The molecule has 25 heavy (non-hydrogen) atoms. The van der Waals surface area contributed by atoms with Gasteiger partial charge in [-0.2, -0.15) is 0 Å². The molecule has 0 bridgehead atoms. The SMILES string of the molecule is COc1ccc(CNC(=O)c2ccc(NCc3ccco3)nc2)cc1. The molecule has 0 atom stereocenters. The van der Waals surface area contributed by atoms with Gasteiger partial charge in [0.25, 0.3) is 5.91 Å². The fourth-order valence-electron chi connectivity index (χ4n) is 2.25. The van der Waals surface area contributed by atoms with E-state index in [0.29, 0.717) is 24.5 Å². The van der Waals surface area contributed by atoms with Crippen molar-refractivity contribution < 1.29 is 13.9 Å². The summed E-state index contributed by atoms with van der Waals surface area (Å²) in [4.78, 5) is 16.4. The molecular weight excluding hydrogens is 318 g/mol. The number of rotatable bonds is 7. The van der Waals surface area contributed by atoms with Gasteiger partial charge in [-0.1, -0.05) is 12.1 Å². The molecule has 0 fully saturated rings. The van der Waals surface area contributed by atoms with Gasteiger partial charge in [0.15, 0.2) is 0 Å². The first-order valence-corrected chi connectivity index (χ1v) is 7.88.